The van der Waals surface area contributed by atoms with Crippen LogP contribution in [0.4, 0.5) is 4.79 Å². The summed E-state index contributed by atoms with van der Waals surface area (Å²) in [6.07, 6.45) is 3.50. The first-order valence-corrected chi connectivity index (χ1v) is 8.69. The lowest BCUT2D eigenvalue weighted by atomic mass is 9.98. The van der Waals surface area contributed by atoms with E-state index in [4.69, 9.17) is 5.11 Å². The van der Waals surface area contributed by atoms with E-state index in [1.54, 1.807) is 6.20 Å². The maximum absolute atomic E-state index is 12.2. The number of likely N-dealkylation sites (tertiary alicyclic amines) is 1. The Labute approximate surface area is 147 Å². The number of carbonyl (C=O) groups is 1. The molecule has 0 spiro atoms. The Hall–Kier alpha value is -2.41. The highest BCUT2D eigenvalue weighted by molar-refractivity contribution is 5.74. The van der Waals surface area contributed by atoms with Crippen molar-refractivity contribution in [1.29, 1.82) is 0 Å². The summed E-state index contributed by atoms with van der Waals surface area (Å²) in [5.74, 6) is 1.10. The van der Waals surface area contributed by atoms with Gasteiger partial charge in [0.2, 0.25) is 0 Å². The molecular formula is C18H25N5O2. The fourth-order valence-corrected chi connectivity index (χ4v) is 3.12. The van der Waals surface area contributed by atoms with Gasteiger partial charge in [0.05, 0.1) is 5.69 Å². The summed E-state index contributed by atoms with van der Waals surface area (Å²) < 4.78 is 1.81. The van der Waals surface area contributed by atoms with Crippen molar-refractivity contribution in [3.8, 4) is 5.82 Å². The van der Waals surface area contributed by atoms with Gasteiger partial charge in [-0.25, -0.2) is 14.5 Å². The zero-order chi connectivity index (χ0) is 17.8. The summed E-state index contributed by atoms with van der Waals surface area (Å²) in [6.45, 7) is 6.01. The quantitative estimate of drug-likeness (QED) is 0.887. The van der Waals surface area contributed by atoms with Crippen molar-refractivity contribution in [2.75, 3.05) is 19.7 Å². The molecule has 2 N–H and O–H groups in total. The lowest BCUT2D eigenvalue weighted by Gasteiger charge is -2.31. The van der Waals surface area contributed by atoms with Crippen LogP contribution >= 0.6 is 0 Å². The minimum absolute atomic E-state index is 0.0565. The van der Waals surface area contributed by atoms with Crippen LogP contribution in [-0.2, 0) is 6.54 Å². The van der Waals surface area contributed by atoms with Crippen LogP contribution in [0, 0.1) is 19.8 Å². The third kappa shape index (κ3) is 4.17. The van der Waals surface area contributed by atoms with Gasteiger partial charge >= 0.3 is 6.03 Å². The largest absolute Gasteiger partial charge is 0.396 e. The molecule has 0 radical (unpaired) electrons. The SMILES string of the molecule is Cc1cc(C)n(-c2ccc(CNC(=O)N3CCC(CO)CC3)cn2)n1. The Morgan fingerprint density at radius 2 is 2.08 bits per heavy atom. The number of aryl methyl sites for hydroxylation is 2. The Morgan fingerprint density at radius 1 is 1.32 bits per heavy atom. The molecule has 1 saturated heterocycles. The van der Waals surface area contributed by atoms with E-state index in [1.165, 1.54) is 0 Å². The number of pyridine rings is 1. The molecule has 7 nitrogen and oxygen atoms in total. The van der Waals surface area contributed by atoms with E-state index in [2.05, 4.69) is 15.4 Å². The first-order chi connectivity index (χ1) is 12.1. The molecular weight excluding hydrogens is 318 g/mol. The number of aliphatic hydroxyl groups excluding tert-OH is 1. The summed E-state index contributed by atoms with van der Waals surface area (Å²) in [7, 11) is 0. The number of nitrogens with one attached hydrogen (secondary N) is 1. The van der Waals surface area contributed by atoms with Crippen LogP contribution in [0.5, 0.6) is 0 Å². The zero-order valence-corrected chi connectivity index (χ0v) is 14.8. The number of urea groups is 1. The van der Waals surface area contributed by atoms with E-state index in [-0.39, 0.29) is 12.6 Å². The molecule has 134 valence electrons. The van der Waals surface area contributed by atoms with Gasteiger partial charge in [-0.3, -0.25) is 0 Å². The number of nitrogens with zero attached hydrogens (tertiary/aromatic N) is 4. The van der Waals surface area contributed by atoms with Crippen molar-refractivity contribution in [3.05, 3.63) is 41.3 Å². The fraction of sp³-hybridized carbons (Fsp3) is 0.500. The van der Waals surface area contributed by atoms with Crippen LogP contribution in [0.2, 0.25) is 0 Å². The van der Waals surface area contributed by atoms with Gasteiger partial charge in [0, 0.05) is 38.1 Å². The van der Waals surface area contributed by atoms with E-state index < -0.39 is 0 Å². The van der Waals surface area contributed by atoms with Crippen molar-refractivity contribution in [2.24, 2.45) is 5.92 Å². The zero-order valence-electron chi connectivity index (χ0n) is 14.8. The summed E-state index contributed by atoms with van der Waals surface area (Å²) in [5.41, 5.74) is 2.95. The number of aliphatic hydroxyl groups is 1. The molecule has 2 aromatic heterocycles. The molecule has 0 saturated carbocycles. The lowest BCUT2D eigenvalue weighted by Crippen LogP contribution is -2.44. The maximum Gasteiger partial charge on any atom is 0.317 e. The number of hydrogen-bond acceptors (Lipinski definition) is 4. The number of rotatable bonds is 4. The number of amides is 2. The van der Waals surface area contributed by atoms with Crippen molar-refractivity contribution >= 4 is 6.03 Å². The second kappa shape index (κ2) is 7.65. The van der Waals surface area contributed by atoms with E-state index in [9.17, 15) is 4.79 Å². The Morgan fingerprint density at radius 3 is 2.64 bits per heavy atom. The van der Waals surface area contributed by atoms with Crippen LogP contribution < -0.4 is 5.32 Å². The highest BCUT2D eigenvalue weighted by Crippen LogP contribution is 2.16. The van der Waals surface area contributed by atoms with E-state index in [0.717, 1.165) is 35.6 Å². The monoisotopic (exact) mass is 343 g/mol. The molecule has 2 amide bonds. The summed E-state index contributed by atoms with van der Waals surface area (Å²) in [4.78, 5) is 18.5. The third-order valence-corrected chi connectivity index (χ3v) is 4.64. The average molecular weight is 343 g/mol. The Bertz CT molecular complexity index is 718. The van der Waals surface area contributed by atoms with Gasteiger partial charge in [-0.1, -0.05) is 6.07 Å². The average Bonchev–Trinajstić information content (AvgIpc) is 2.98. The normalized spacial score (nSPS) is 15.4. The van der Waals surface area contributed by atoms with E-state index in [1.807, 2.05) is 41.6 Å². The number of aromatic nitrogens is 3. The predicted molar refractivity (Wildman–Crippen MR) is 94.5 cm³/mol. The highest BCUT2D eigenvalue weighted by Gasteiger charge is 2.21. The molecule has 25 heavy (non-hydrogen) atoms. The lowest BCUT2D eigenvalue weighted by molar-refractivity contribution is 0.137. The fourth-order valence-electron chi connectivity index (χ4n) is 3.12. The summed E-state index contributed by atoms with van der Waals surface area (Å²) in [6, 6.07) is 5.82. The number of hydrogen-bond donors (Lipinski definition) is 2. The van der Waals surface area contributed by atoms with E-state index >= 15 is 0 Å². The molecule has 1 fully saturated rings. The van der Waals surface area contributed by atoms with Crippen molar-refractivity contribution in [3.63, 3.8) is 0 Å². The van der Waals surface area contributed by atoms with Gasteiger partial charge in [0.15, 0.2) is 5.82 Å². The first kappa shape index (κ1) is 17.4. The van der Waals surface area contributed by atoms with Crippen molar-refractivity contribution in [2.45, 2.75) is 33.2 Å². The van der Waals surface area contributed by atoms with Crippen LogP contribution in [0.15, 0.2) is 24.4 Å². The second-order valence-electron chi connectivity index (χ2n) is 6.64. The van der Waals surface area contributed by atoms with Gasteiger partial charge < -0.3 is 15.3 Å². The van der Waals surface area contributed by atoms with Crippen LogP contribution in [0.25, 0.3) is 5.82 Å². The smallest absolute Gasteiger partial charge is 0.317 e. The minimum atomic E-state index is -0.0565. The minimum Gasteiger partial charge on any atom is -0.396 e. The van der Waals surface area contributed by atoms with Gasteiger partial charge in [0.25, 0.3) is 0 Å². The molecule has 0 unspecified atom stereocenters. The molecule has 1 aliphatic rings. The van der Waals surface area contributed by atoms with Gasteiger partial charge in [-0.05, 0) is 50.3 Å². The van der Waals surface area contributed by atoms with Crippen LogP contribution in [-0.4, -0.2) is 50.5 Å². The predicted octanol–water partition coefficient (Wildman–Crippen LogP) is 1.80. The Balaban J connectivity index is 1.54. The Kier molecular flexibility index (Phi) is 5.33. The third-order valence-electron chi connectivity index (χ3n) is 4.64. The highest BCUT2D eigenvalue weighted by atomic mass is 16.3. The van der Waals surface area contributed by atoms with Gasteiger partial charge in [0.1, 0.15) is 0 Å². The molecule has 0 aromatic carbocycles. The van der Waals surface area contributed by atoms with E-state index in [0.29, 0.717) is 25.6 Å². The summed E-state index contributed by atoms with van der Waals surface area (Å²) >= 11 is 0. The molecule has 7 heteroatoms. The molecule has 3 heterocycles. The van der Waals surface area contributed by atoms with Crippen LogP contribution in [0.3, 0.4) is 0 Å². The molecule has 2 aromatic rings. The first-order valence-electron chi connectivity index (χ1n) is 8.69. The molecule has 0 aliphatic carbocycles. The van der Waals surface area contributed by atoms with Crippen LogP contribution in [0.1, 0.15) is 29.8 Å². The molecule has 0 bridgehead atoms. The number of piperidine rings is 1. The second-order valence-corrected chi connectivity index (χ2v) is 6.64. The van der Waals surface area contributed by atoms with Crippen molar-refractivity contribution < 1.29 is 9.90 Å². The number of carbonyl (C=O) groups excluding carboxylic acids is 1. The topological polar surface area (TPSA) is 83.3 Å². The molecule has 3 rings (SSSR count). The molecule has 1 aliphatic heterocycles. The van der Waals surface area contributed by atoms with Gasteiger partial charge in [-0.2, -0.15) is 5.10 Å². The maximum atomic E-state index is 12.2. The summed E-state index contributed by atoms with van der Waals surface area (Å²) in [5, 5.41) is 16.5. The molecule has 0 atom stereocenters. The van der Waals surface area contributed by atoms with Crippen molar-refractivity contribution in [1.82, 2.24) is 25.0 Å². The van der Waals surface area contributed by atoms with Gasteiger partial charge in [-0.15, -0.1) is 0 Å². The standard InChI is InChI=1S/C18H25N5O2/c1-13-9-14(2)23(21-13)17-4-3-16(10-19-17)11-20-18(25)22-7-5-15(12-24)6-8-22/h3-4,9-10,15,24H,5-8,11-12H2,1-2H3,(H,20,25).